The molecular weight excluding hydrogens is 374 g/mol. The third-order valence-corrected chi connectivity index (χ3v) is 4.54. The van der Waals surface area contributed by atoms with Gasteiger partial charge >= 0.3 is 0 Å². The van der Waals surface area contributed by atoms with E-state index < -0.39 is 0 Å². The molecule has 3 aromatic rings. The highest BCUT2D eigenvalue weighted by molar-refractivity contribution is 9.10. The van der Waals surface area contributed by atoms with Crippen LogP contribution in [-0.2, 0) is 0 Å². The molecule has 0 aromatic heterocycles. The first-order chi connectivity index (χ1) is 12.3. The van der Waals surface area contributed by atoms with Crippen molar-refractivity contribution in [2.45, 2.75) is 6.17 Å². The molecule has 1 unspecified atom stereocenters. The van der Waals surface area contributed by atoms with Gasteiger partial charge in [-0.25, -0.2) is 9.98 Å². The Bertz CT molecular complexity index is 916. The summed E-state index contributed by atoms with van der Waals surface area (Å²) in [6.07, 6.45) is -0.160. The van der Waals surface area contributed by atoms with Crippen molar-refractivity contribution in [1.29, 1.82) is 0 Å². The van der Waals surface area contributed by atoms with Crippen molar-refractivity contribution in [3.63, 3.8) is 0 Å². The zero-order valence-corrected chi connectivity index (χ0v) is 15.0. The molecule has 4 heteroatoms. The number of hydrogen-bond donors (Lipinski definition) is 1. The lowest BCUT2D eigenvalue weighted by atomic mass is 10.1. The Morgan fingerprint density at radius 3 is 2.04 bits per heavy atom. The predicted molar refractivity (Wildman–Crippen MR) is 106 cm³/mol. The molecule has 4 rings (SSSR count). The van der Waals surface area contributed by atoms with Gasteiger partial charge in [0.25, 0.3) is 0 Å². The lowest BCUT2D eigenvalue weighted by Gasteiger charge is -2.23. The van der Waals surface area contributed by atoms with Crippen molar-refractivity contribution in [3.8, 4) is 0 Å². The van der Waals surface area contributed by atoms with Crippen LogP contribution in [0.4, 0.5) is 0 Å². The van der Waals surface area contributed by atoms with E-state index in [-0.39, 0.29) is 6.17 Å². The summed E-state index contributed by atoms with van der Waals surface area (Å²) in [5, 5.41) is 3.45. The lowest BCUT2D eigenvalue weighted by molar-refractivity contribution is 0.674. The van der Waals surface area contributed by atoms with Crippen molar-refractivity contribution in [2.24, 2.45) is 9.98 Å². The zero-order valence-electron chi connectivity index (χ0n) is 13.4. The van der Waals surface area contributed by atoms with Crippen molar-refractivity contribution < 1.29 is 0 Å². The summed E-state index contributed by atoms with van der Waals surface area (Å²) in [6, 6.07) is 28.4. The van der Waals surface area contributed by atoms with Gasteiger partial charge < -0.3 is 5.32 Å². The second-order valence-corrected chi connectivity index (χ2v) is 6.66. The first-order valence-corrected chi connectivity index (χ1v) is 8.88. The van der Waals surface area contributed by atoms with Gasteiger partial charge in [0.15, 0.2) is 5.84 Å². The fourth-order valence-electron chi connectivity index (χ4n) is 2.73. The van der Waals surface area contributed by atoms with Gasteiger partial charge in [0.1, 0.15) is 12.0 Å². The SMILES string of the molecule is Brc1ccc(C2=NC(c3ccccc3)NC(c3ccccc3)=N2)cc1. The minimum atomic E-state index is -0.160. The molecule has 0 spiro atoms. The molecular formula is C21H16BrN3. The van der Waals surface area contributed by atoms with E-state index >= 15 is 0 Å². The standard InChI is InChI=1S/C21H16BrN3/c22-18-13-11-17(12-14-18)21-24-19(15-7-3-1-4-8-15)23-20(25-21)16-9-5-2-6-10-16/h1-14,19H,(H,23,24,25). The van der Waals surface area contributed by atoms with E-state index in [1.54, 1.807) is 0 Å². The van der Waals surface area contributed by atoms with Crippen LogP contribution in [0.5, 0.6) is 0 Å². The van der Waals surface area contributed by atoms with Gasteiger partial charge in [-0.3, -0.25) is 0 Å². The highest BCUT2D eigenvalue weighted by Gasteiger charge is 2.20. The number of amidine groups is 2. The van der Waals surface area contributed by atoms with Crippen LogP contribution in [0.25, 0.3) is 0 Å². The van der Waals surface area contributed by atoms with E-state index in [0.29, 0.717) is 0 Å². The Morgan fingerprint density at radius 1 is 0.720 bits per heavy atom. The lowest BCUT2D eigenvalue weighted by Crippen LogP contribution is -2.33. The van der Waals surface area contributed by atoms with Crippen LogP contribution in [0.3, 0.4) is 0 Å². The quantitative estimate of drug-likeness (QED) is 0.676. The molecule has 1 atom stereocenters. The van der Waals surface area contributed by atoms with Crippen LogP contribution in [0.1, 0.15) is 22.9 Å². The third-order valence-electron chi connectivity index (χ3n) is 4.01. The molecule has 0 amide bonds. The van der Waals surface area contributed by atoms with Crippen LogP contribution in [-0.4, -0.2) is 11.7 Å². The number of nitrogens with one attached hydrogen (secondary N) is 1. The fourth-order valence-corrected chi connectivity index (χ4v) is 2.99. The van der Waals surface area contributed by atoms with Gasteiger partial charge in [0.2, 0.25) is 0 Å². The smallest absolute Gasteiger partial charge is 0.159 e. The van der Waals surface area contributed by atoms with E-state index in [0.717, 1.165) is 32.8 Å². The minimum Gasteiger partial charge on any atom is -0.344 e. The average Bonchev–Trinajstić information content (AvgIpc) is 2.69. The number of rotatable bonds is 3. The van der Waals surface area contributed by atoms with Gasteiger partial charge in [0.05, 0.1) is 0 Å². The molecule has 3 nitrogen and oxygen atoms in total. The normalized spacial score (nSPS) is 16.6. The molecule has 1 N–H and O–H groups in total. The summed E-state index contributed by atoms with van der Waals surface area (Å²) in [7, 11) is 0. The molecule has 0 aliphatic carbocycles. The van der Waals surface area contributed by atoms with Crippen molar-refractivity contribution in [2.75, 3.05) is 0 Å². The number of halogens is 1. The van der Waals surface area contributed by atoms with E-state index in [9.17, 15) is 0 Å². The molecule has 1 heterocycles. The van der Waals surface area contributed by atoms with Crippen LogP contribution >= 0.6 is 15.9 Å². The van der Waals surface area contributed by atoms with E-state index in [1.165, 1.54) is 0 Å². The van der Waals surface area contributed by atoms with Gasteiger partial charge in [0, 0.05) is 15.6 Å². The molecule has 122 valence electrons. The summed E-state index contributed by atoms with van der Waals surface area (Å²) in [5.41, 5.74) is 3.16. The van der Waals surface area contributed by atoms with E-state index in [2.05, 4.69) is 45.5 Å². The topological polar surface area (TPSA) is 36.8 Å². The molecule has 1 aliphatic rings. The minimum absolute atomic E-state index is 0.160. The highest BCUT2D eigenvalue weighted by Crippen LogP contribution is 2.22. The molecule has 3 aromatic carbocycles. The highest BCUT2D eigenvalue weighted by atomic mass is 79.9. The van der Waals surface area contributed by atoms with Crippen LogP contribution < -0.4 is 5.32 Å². The van der Waals surface area contributed by atoms with Crippen molar-refractivity contribution in [1.82, 2.24) is 5.32 Å². The summed E-state index contributed by atoms with van der Waals surface area (Å²) in [5.74, 6) is 1.57. The first-order valence-electron chi connectivity index (χ1n) is 8.09. The summed E-state index contributed by atoms with van der Waals surface area (Å²) in [4.78, 5) is 9.60. The van der Waals surface area contributed by atoms with E-state index in [1.807, 2.05) is 60.7 Å². The second-order valence-electron chi connectivity index (χ2n) is 5.74. The molecule has 25 heavy (non-hydrogen) atoms. The maximum absolute atomic E-state index is 4.83. The van der Waals surface area contributed by atoms with Crippen molar-refractivity contribution >= 4 is 27.6 Å². The molecule has 0 bridgehead atoms. The van der Waals surface area contributed by atoms with Gasteiger partial charge in [-0.1, -0.05) is 88.7 Å². The van der Waals surface area contributed by atoms with Crippen LogP contribution in [0.2, 0.25) is 0 Å². The summed E-state index contributed by atoms with van der Waals surface area (Å²) in [6.45, 7) is 0. The monoisotopic (exact) mass is 389 g/mol. The second kappa shape index (κ2) is 7.03. The van der Waals surface area contributed by atoms with E-state index in [4.69, 9.17) is 9.98 Å². The number of aliphatic imine (C=N–C) groups is 2. The predicted octanol–water partition coefficient (Wildman–Crippen LogP) is 4.94. The van der Waals surface area contributed by atoms with Crippen LogP contribution in [0, 0.1) is 0 Å². The molecule has 0 saturated heterocycles. The summed E-state index contributed by atoms with van der Waals surface area (Å²) < 4.78 is 1.04. The Balaban J connectivity index is 1.78. The largest absolute Gasteiger partial charge is 0.344 e. The Labute approximate surface area is 155 Å². The zero-order chi connectivity index (χ0) is 17.1. The number of nitrogens with zero attached hydrogens (tertiary/aromatic N) is 2. The van der Waals surface area contributed by atoms with Crippen LogP contribution in [0.15, 0.2) is 99.4 Å². The average molecular weight is 390 g/mol. The first kappa shape index (κ1) is 15.8. The fraction of sp³-hybridized carbons (Fsp3) is 0.0476. The van der Waals surface area contributed by atoms with Gasteiger partial charge in [-0.2, -0.15) is 0 Å². The molecule has 1 aliphatic heterocycles. The molecule has 0 radical (unpaired) electrons. The Morgan fingerprint density at radius 2 is 1.36 bits per heavy atom. The van der Waals surface area contributed by atoms with Gasteiger partial charge in [-0.15, -0.1) is 0 Å². The molecule has 0 saturated carbocycles. The Kier molecular flexibility index (Phi) is 4.44. The molecule has 0 fully saturated rings. The third kappa shape index (κ3) is 3.54. The number of hydrogen-bond acceptors (Lipinski definition) is 3. The maximum atomic E-state index is 4.83. The number of benzene rings is 3. The van der Waals surface area contributed by atoms with Gasteiger partial charge in [-0.05, 0) is 17.7 Å². The maximum Gasteiger partial charge on any atom is 0.159 e. The van der Waals surface area contributed by atoms with Crippen molar-refractivity contribution in [3.05, 3.63) is 106 Å². The summed E-state index contributed by atoms with van der Waals surface area (Å²) >= 11 is 3.48. The Hall–Kier alpha value is -2.72.